The molecule has 3 rings (SSSR count). The predicted octanol–water partition coefficient (Wildman–Crippen LogP) is 2.84. The highest BCUT2D eigenvalue weighted by molar-refractivity contribution is 5.83. The van der Waals surface area contributed by atoms with Gasteiger partial charge in [0.1, 0.15) is 5.60 Å². The predicted molar refractivity (Wildman–Crippen MR) is 103 cm³/mol. The summed E-state index contributed by atoms with van der Waals surface area (Å²) in [7, 11) is 0. The molecule has 150 valence electrons. The van der Waals surface area contributed by atoms with Crippen molar-refractivity contribution in [3.8, 4) is 0 Å². The van der Waals surface area contributed by atoms with Crippen molar-refractivity contribution in [2.75, 3.05) is 26.2 Å². The van der Waals surface area contributed by atoms with E-state index in [1.165, 1.54) is 64.2 Å². The third kappa shape index (κ3) is 5.67. The summed E-state index contributed by atoms with van der Waals surface area (Å²) in [4.78, 5) is 13.6. The van der Waals surface area contributed by atoms with Crippen LogP contribution in [0.25, 0.3) is 0 Å². The molecule has 3 aliphatic rings. The lowest BCUT2D eigenvalue weighted by atomic mass is 9.77. The van der Waals surface area contributed by atoms with Crippen molar-refractivity contribution in [1.82, 2.24) is 4.90 Å². The Labute approximate surface area is 158 Å². The van der Waals surface area contributed by atoms with E-state index in [1.54, 1.807) is 0 Å². The molecule has 1 aliphatic heterocycles. The minimum atomic E-state index is -1.30. The van der Waals surface area contributed by atoms with Gasteiger partial charge in [-0.25, -0.2) is 0 Å². The van der Waals surface area contributed by atoms with Gasteiger partial charge in [0.05, 0.1) is 12.7 Å². The van der Waals surface area contributed by atoms with Crippen LogP contribution in [0.5, 0.6) is 0 Å². The van der Waals surface area contributed by atoms with Gasteiger partial charge in [0.15, 0.2) is 0 Å². The molecule has 1 saturated heterocycles. The number of likely N-dealkylation sites (tertiary alicyclic amines) is 1. The van der Waals surface area contributed by atoms with Crippen molar-refractivity contribution < 1.29 is 14.6 Å². The van der Waals surface area contributed by atoms with Crippen LogP contribution >= 0.6 is 0 Å². The zero-order chi connectivity index (χ0) is 18.4. The molecule has 2 saturated carbocycles. The zero-order valence-electron chi connectivity index (χ0n) is 16.3. The third-order valence-corrected chi connectivity index (χ3v) is 7.09. The van der Waals surface area contributed by atoms with Gasteiger partial charge in [0, 0.05) is 19.6 Å². The first-order valence-corrected chi connectivity index (χ1v) is 10.9. The monoisotopic (exact) mass is 366 g/mol. The van der Waals surface area contributed by atoms with Crippen molar-refractivity contribution in [2.45, 2.75) is 88.8 Å². The van der Waals surface area contributed by atoms with E-state index < -0.39 is 11.5 Å². The Bertz CT molecular complexity index is 435. The van der Waals surface area contributed by atoms with Crippen LogP contribution < -0.4 is 5.73 Å². The standard InChI is InChI=1S/C21H38N2O3/c22-20(24)21(25)10-12-23(13-11-21)14-15-26-19-8-6-18(7-9-19)16-17-4-2-1-3-5-17/h17-19,25H,1-16H2,(H2,22,24). The van der Waals surface area contributed by atoms with Crippen molar-refractivity contribution in [3.63, 3.8) is 0 Å². The number of nitrogens with two attached hydrogens (primary N) is 1. The van der Waals surface area contributed by atoms with E-state index in [2.05, 4.69) is 4.90 Å². The molecule has 0 atom stereocenters. The first-order valence-electron chi connectivity index (χ1n) is 10.9. The lowest BCUT2D eigenvalue weighted by Crippen LogP contribution is -2.52. The number of primary amides is 1. The van der Waals surface area contributed by atoms with Crippen molar-refractivity contribution in [2.24, 2.45) is 17.6 Å². The van der Waals surface area contributed by atoms with Crippen LogP contribution in [0.15, 0.2) is 0 Å². The van der Waals surface area contributed by atoms with Gasteiger partial charge in [-0.3, -0.25) is 4.79 Å². The molecular formula is C21H38N2O3. The molecule has 5 heteroatoms. The number of piperidine rings is 1. The quantitative estimate of drug-likeness (QED) is 0.726. The summed E-state index contributed by atoms with van der Waals surface area (Å²) in [5, 5.41) is 10.1. The summed E-state index contributed by atoms with van der Waals surface area (Å²) in [6, 6.07) is 0. The Morgan fingerprint density at radius 3 is 2.23 bits per heavy atom. The van der Waals surface area contributed by atoms with Gasteiger partial charge in [0.25, 0.3) is 0 Å². The largest absolute Gasteiger partial charge is 0.380 e. The molecule has 2 aliphatic carbocycles. The maximum Gasteiger partial charge on any atom is 0.249 e. The van der Waals surface area contributed by atoms with Crippen LogP contribution in [0.3, 0.4) is 0 Å². The molecule has 5 nitrogen and oxygen atoms in total. The summed E-state index contributed by atoms with van der Waals surface area (Å²) in [6.07, 6.45) is 15.2. The maximum absolute atomic E-state index is 11.3. The number of carbonyl (C=O) groups excluding carboxylic acids is 1. The van der Waals surface area contributed by atoms with Crippen molar-refractivity contribution >= 4 is 5.91 Å². The van der Waals surface area contributed by atoms with Crippen molar-refractivity contribution in [1.29, 1.82) is 0 Å². The molecule has 0 radical (unpaired) electrons. The second kappa shape index (κ2) is 9.52. The second-order valence-corrected chi connectivity index (χ2v) is 8.99. The number of rotatable bonds is 7. The van der Waals surface area contributed by atoms with E-state index in [4.69, 9.17) is 10.5 Å². The number of amides is 1. The Hall–Kier alpha value is -0.650. The molecule has 0 unspecified atom stereocenters. The van der Waals surface area contributed by atoms with Gasteiger partial charge in [-0.05, 0) is 56.8 Å². The smallest absolute Gasteiger partial charge is 0.249 e. The van der Waals surface area contributed by atoms with Crippen LogP contribution in [-0.4, -0.2) is 53.9 Å². The Balaban J connectivity index is 1.26. The van der Waals surface area contributed by atoms with E-state index in [9.17, 15) is 9.90 Å². The number of carbonyl (C=O) groups is 1. The van der Waals surface area contributed by atoms with Gasteiger partial charge in [-0.15, -0.1) is 0 Å². The number of hydrogen-bond acceptors (Lipinski definition) is 4. The fourth-order valence-corrected chi connectivity index (χ4v) is 5.17. The van der Waals surface area contributed by atoms with Crippen molar-refractivity contribution in [3.05, 3.63) is 0 Å². The molecule has 1 amide bonds. The molecule has 1 heterocycles. The summed E-state index contributed by atoms with van der Waals surface area (Å²) < 4.78 is 6.13. The average Bonchev–Trinajstić information content (AvgIpc) is 2.66. The van der Waals surface area contributed by atoms with E-state index in [0.29, 0.717) is 18.9 Å². The lowest BCUT2D eigenvalue weighted by Gasteiger charge is -2.36. The number of ether oxygens (including phenoxy) is 1. The van der Waals surface area contributed by atoms with Crippen LogP contribution in [-0.2, 0) is 9.53 Å². The molecule has 0 aromatic rings. The molecule has 26 heavy (non-hydrogen) atoms. The summed E-state index contributed by atoms with van der Waals surface area (Å²) in [5.41, 5.74) is 3.98. The second-order valence-electron chi connectivity index (χ2n) is 8.99. The highest BCUT2D eigenvalue weighted by atomic mass is 16.5. The fraction of sp³-hybridized carbons (Fsp3) is 0.952. The summed E-state index contributed by atoms with van der Waals surface area (Å²) >= 11 is 0. The SMILES string of the molecule is NC(=O)C1(O)CCN(CCOC2CCC(CC3CCCCC3)CC2)CC1. The molecule has 3 fully saturated rings. The minimum Gasteiger partial charge on any atom is -0.380 e. The first kappa shape index (κ1) is 20.1. The van der Waals surface area contributed by atoms with E-state index >= 15 is 0 Å². The van der Waals surface area contributed by atoms with Gasteiger partial charge >= 0.3 is 0 Å². The Morgan fingerprint density at radius 1 is 1.00 bits per heavy atom. The molecule has 0 aromatic heterocycles. The highest BCUT2D eigenvalue weighted by Crippen LogP contribution is 2.35. The minimum absolute atomic E-state index is 0.435. The average molecular weight is 367 g/mol. The lowest BCUT2D eigenvalue weighted by molar-refractivity contribution is -0.141. The van der Waals surface area contributed by atoms with Crippen LogP contribution in [0.1, 0.15) is 77.0 Å². The summed E-state index contributed by atoms with van der Waals surface area (Å²) in [6.45, 7) is 3.08. The van der Waals surface area contributed by atoms with E-state index in [1.807, 2.05) is 0 Å². The number of aliphatic hydroxyl groups is 1. The maximum atomic E-state index is 11.3. The number of nitrogens with zero attached hydrogens (tertiary/aromatic N) is 1. The third-order valence-electron chi connectivity index (χ3n) is 7.09. The molecule has 0 bridgehead atoms. The first-order chi connectivity index (χ1) is 12.5. The molecule has 3 N–H and O–H groups in total. The zero-order valence-corrected chi connectivity index (χ0v) is 16.3. The van der Waals surface area contributed by atoms with E-state index in [0.717, 1.165) is 38.1 Å². The van der Waals surface area contributed by atoms with Crippen LogP contribution in [0.2, 0.25) is 0 Å². The normalized spacial score (nSPS) is 31.0. The fourth-order valence-electron chi connectivity index (χ4n) is 5.17. The highest BCUT2D eigenvalue weighted by Gasteiger charge is 2.37. The molecule has 0 aromatic carbocycles. The van der Waals surface area contributed by atoms with Crippen LogP contribution in [0.4, 0.5) is 0 Å². The van der Waals surface area contributed by atoms with Crippen LogP contribution in [0, 0.1) is 11.8 Å². The van der Waals surface area contributed by atoms with Gasteiger partial charge in [-0.1, -0.05) is 32.1 Å². The Morgan fingerprint density at radius 2 is 1.62 bits per heavy atom. The van der Waals surface area contributed by atoms with Gasteiger partial charge in [0.2, 0.25) is 5.91 Å². The summed E-state index contributed by atoms with van der Waals surface area (Å²) in [5.74, 6) is 1.36. The molecule has 0 spiro atoms. The topological polar surface area (TPSA) is 75.8 Å². The van der Waals surface area contributed by atoms with E-state index in [-0.39, 0.29) is 0 Å². The Kier molecular flexibility index (Phi) is 7.35. The van der Waals surface area contributed by atoms with Gasteiger partial charge in [-0.2, -0.15) is 0 Å². The molecular weight excluding hydrogens is 328 g/mol. The number of hydrogen-bond donors (Lipinski definition) is 2. The van der Waals surface area contributed by atoms with Gasteiger partial charge < -0.3 is 20.5 Å².